The molecule has 0 aliphatic rings. The number of carbonyl (C=O) groups is 1. The summed E-state index contributed by atoms with van der Waals surface area (Å²) in [5.74, 6) is -0.928. The lowest BCUT2D eigenvalue weighted by Crippen LogP contribution is -2.24. The molecule has 0 radical (unpaired) electrons. The Kier molecular flexibility index (Phi) is 6.38. The Labute approximate surface area is 120 Å². The van der Waals surface area contributed by atoms with Gasteiger partial charge in [-0.2, -0.15) is 0 Å². The zero-order valence-electron chi connectivity index (χ0n) is 11.9. The lowest BCUT2D eigenvalue weighted by molar-refractivity contribution is 0.0682. The van der Waals surface area contributed by atoms with Crippen LogP contribution >= 0.6 is 11.6 Å². The monoisotopic (exact) mass is 286 g/mol. The largest absolute Gasteiger partial charge is 0.477 e. The molecule has 0 saturated heterocycles. The van der Waals surface area contributed by atoms with Crippen LogP contribution in [-0.4, -0.2) is 40.2 Å². The van der Waals surface area contributed by atoms with Gasteiger partial charge in [-0.05, 0) is 45.5 Å². The predicted octanol–water partition coefficient (Wildman–Crippen LogP) is 3.52. The molecule has 0 aromatic carbocycles. The number of aromatic carboxylic acids is 1. The molecule has 1 unspecified atom stereocenters. The van der Waals surface area contributed by atoms with Crippen LogP contribution in [0.2, 0.25) is 5.02 Å². The van der Waals surface area contributed by atoms with E-state index in [4.69, 9.17) is 16.7 Å². The van der Waals surface area contributed by atoms with Crippen LogP contribution in [0.1, 0.15) is 50.1 Å². The van der Waals surface area contributed by atoms with Crippen molar-refractivity contribution in [3.05, 3.63) is 23.0 Å². The fourth-order valence-corrected chi connectivity index (χ4v) is 2.48. The van der Waals surface area contributed by atoms with Gasteiger partial charge in [0.2, 0.25) is 0 Å². The maximum absolute atomic E-state index is 11.1. The molecule has 1 atom stereocenters. The van der Waals surface area contributed by atoms with Crippen molar-refractivity contribution in [2.75, 3.05) is 19.6 Å². The normalized spacial score (nSPS) is 12.9. The van der Waals surface area contributed by atoms with E-state index in [1.54, 1.807) is 10.8 Å². The van der Waals surface area contributed by atoms with Gasteiger partial charge in [0.05, 0.1) is 5.02 Å². The summed E-state index contributed by atoms with van der Waals surface area (Å²) in [4.78, 5) is 13.5. The van der Waals surface area contributed by atoms with Crippen LogP contribution in [0.3, 0.4) is 0 Å². The highest BCUT2D eigenvalue weighted by molar-refractivity contribution is 6.30. The molecule has 1 N–H and O–H groups in total. The first kappa shape index (κ1) is 16.1. The molecule has 1 aromatic rings. The summed E-state index contributed by atoms with van der Waals surface area (Å²) in [6.45, 7) is 9.50. The Bertz CT molecular complexity index is 414. The zero-order valence-corrected chi connectivity index (χ0v) is 12.7. The minimum Gasteiger partial charge on any atom is -0.477 e. The Balaban J connectivity index is 2.58. The van der Waals surface area contributed by atoms with E-state index in [0.717, 1.165) is 32.5 Å². The summed E-state index contributed by atoms with van der Waals surface area (Å²) in [6, 6.07) is 1.65. The summed E-state index contributed by atoms with van der Waals surface area (Å²) in [5, 5.41) is 9.61. The second kappa shape index (κ2) is 7.56. The number of aromatic nitrogens is 1. The van der Waals surface area contributed by atoms with Crippen LogP contribution in [0.5, 0.6) is 0 Å². The van der Waals surface area contributed by atoms with Gasteiger partial charge in [0.15, 0.2) is 0 Å². The summed E-state index contributed by atoms with van der Waals surface area (Å²) in [7, 11) is 0. The second-order valence-corrected chi connectivity index (χ2v) is 5.21. The molecule has 0 spiro atoms. The average molecular weight is 287 g/mol. The molecule has 4 nitrogen and oxygen atoms in total. The van der Waals surface area contributed by atoms with Crippen LogP contribution in [0.25, 0.3) is 0 Å². The Morgan fingerprint density at radius 2 is 2.11 bits per heavy atom. The number of carboxylic acid groups (broad SMARTS) is 1. The molecule has 5 heteroatoms. The average Bonchev–Trinajstić information content (AvgIpc) is 2.77. The van der Waals surface area contributed by atoms with Crippen LogP contribution in [0.4, 0.5) is 0 Å². The van der Waals surface area contributed by atoms with Gasteiger partial charge in [-0.25, -0.2) is 4.79 Å². The molecule has 19 heavy (non-hydrogen) atoms. The number of carboxylic acids is 1. The zero-order chi connectivity index (χ0) is 14.4. The van der Waals surface area contributed by atoms with E-state index in [2.05, 4.69) is 18.7 Å². The molecule has 0 aliphatic heterocycles. The molecule has 0 amide bonds. The number of hydrogen-bond donors (Lipinski definition) is 1. The number of halogens is 1. The number of hydrogen-bond acceptors (Lipinski definition) is 2. The van der Waals surface area contributed by atoms with Crippen molar-refractivity contribution in [1.82, 2.24) is 9.47 Å². The van der Waals surface area contributed by atoms with Crippen molar-refractivity contribution >= 4 is 17.6 Å². The molecule has 0 fully saturated rings. The van der Waals surface area contributed by atoms with Gasteiger partial charge in [-0.3, -0.25) is 0 Å². The topological polar surface area (TPSA) is 45.5 Å². The van der Waals surface area contributed by atoms with Gasteiger partial charge in [-0.15, -0.1) is 0 Å². The maximum atomic E-state index is 11.1. The summed E-state index contributed by atoms with van der Waals surface area (Å²) < 4.78 is 1.76. The third-order valence-corrected chi connectivity index (χ3v) is 3.71. The van der Waals surface area contributed by atoms with Gasteiger partial charge < -0.3 is 14.6 Å². The maximum Gasteiger partial charge on any atom is 0.352 e. The highest BCUT2D eigenvalue weighted by Gasteiger charge is 2.16. The fraction of sp³-hybridized carbons (Fsp3) is 0.643. The first-order valence-electron chi connectivity index (χ1n) is 6.82. The minimum absolute atomic E-state index is 0.147. The van der Waals surface area contributed by atoms with Gasteiger partial charge in [0, 0.05) is 12.2 Å². The van der Waals surface area contributed by atoms with Crippen molar-refractivity contribution in [1.29, 1.82) is 0 Å². The molecule has 0 bridgehead atoms. The second-order valence-electron chi connectivity index (χ2n) is 4.77. The minimum atomic E-state index is -0.928. The van der Waals surface area contributed by atoms with Crippen LogP contribution in [0.15, 0.2) is 12.3 Å². The Morgan fingerprint density at radius 1 is 1.47 bits per heavy atom. The van der Waals surface area contributed by atoms with E-state index in [0.29, 0.717) is 5.02 Å². The smallest absolute Gasteiger partial charge is 0.352 e. The van der Waals surface area contributed by atoms with Crippen molar-refractivity contribution < 1.29 is 9.90 Å². The predicted molar refractivity (Wildman–Crippen MR) is 78.1 cm³/mol. The number of nitrogens with zero attached hydrogens (tertiary/aromatic N) is 2. The molecular weight excluding hydrogens is 264 g/mol. The van der Waals surface area contributed by atoms with Gasteiger partial charge >= 0.3 is 5.97 Å². The first-order chi connectivity index (χ1) is 8.99. The van der Waals surface area contributed by atoms with E-state index in [1.807, 2.05) is 6.92 Å². The lowest BCUT2D eigenvalue weighted by Gasteiger charge is -2.20. The molecule has 1 rings (SSSR count). The van der Waals surface area contributed by atoms with Crippen molar-refractivity contribution in [3.8, 4) is 0 Å². The van der Waals surface area contributed by atoms with E-state index in [-0.39, 0.29) is 11.7 Å². The molecule has 1 aromatic heterocycles. The molecule has 0 saturated carbocycles. The van der Waals surface area contributed by atoms with E-state index >= 15 is 0 Å². The van der Waals surface area contributed by atoms with Gasteiger partial charge in [0.25, 0.3) is 0 Å². The van der Waals surface area contributed by atoms with Crippen molar-refractivity contribution in [3.63, 3.8) is 0 Å². The summed E-state index contributed by atoms with van der Waals surface area (Å²) in [5.41, 5.74) is 0.264. The van der Waals surface area contributed by atoms with Crippen LogP contribution in [0, 0.1) is 0 Å². The van der Waals surface area contributed by atoms with Crippen LogP contribution in [-0.2, 0) is 0 Å². The lowest BCUT2D eigenvalue weighted by atomic mass is 10.1. The van der Waals surface area contributed by atoms with Crippen molar-refractivity contribution in [2.45, 2.75) is 39.7 Å². The molecule has 108 valence electrons. The Morgan fingerprint density at radius 3 is 2.63 bits per heavy atom. The Hall–Kier alpha value is -1.00. The highest BCUT2D eigenvalue weighted by Crippen LogP contribution is 2.22. The van der Waals surface area contributed by atoms with Gasteiger partial charge in [0.1, 0.15) is 5.69 Å². The first-order valence-corrected chi connectivity index (χ1v) is 7.20. The van der Waals surface area contributed by atoms with E-state index in [1.165, 1.54) is 6.07 Å². The summed E-state index contributed by atoms with van der Waals surface area (Å²) >= 11 is 5.89. The molecular formula is C14H23ClN2O2. The standard InChI is InChI=1S/C14H23ClN2O2/c1-4-16(5-2)8-6-7-11(3)17-10-12(15)9-13(17)14(18)19/h9-11H,4-8H2,1-3H3,(H,18,19). The summed E-state index contributed by atoms with van der Waals surface area (Å²) in [6.07, 6.45) is 3.70. The van der Waals surface area contributed by atoms with Crippen LogP contribution < -0.4 is 0 Å². The SMILES string of the molecule is CCN(CC)CCCC(C)n1cc(Cl)cc1C(=O)O. The van der Waals surface area contributed by atoms with Crippen molar-refractivity contribution in [2.24, 2.45) is 0 Å². The third kappa shape index (κ3) is 4.55. The van der Waals surface area contributed by atoms with Gasteiger partial charge in [-0.1, -0.05) is 25.4 Å². The van der Waals surface area contributed by atoms with E-state index in [9.17, 15) is 4.79 Å². The molecule has 0 aliphatic carbocycles. The fourth-order valence-electron chi connectivity index (χ4n) is 2.27. The molecule has 1 heterocycles. The quantitative estimate of drug-likeness (QED) is 0.795. The third-order valence-electron chi connectivity index (χ3n) is 3.50. The van der Waals surface area contributed by atoms with E-state index < -0.39 is 5.97 Å². The number of rotatable bonds is 8. The highest BCUT2D eigenvalue weighted by atomic mass is 35.5.